The summed E-state index contributed by atoms with van der Waals surface area (Å²) in [4.78, 5) is 78.4. The summed E-state index contributed by atoms with van der Waals surface area (Å²) in [5.41, 5.74) is 8.24. The van der Waals surface area contributed by atoms with Crippen molar-refractivity contribution in [2.45, 2.75) is 57.5 Å². The van der Waals surface area contributed by atoms with Crippen molar-refractivity contribution in [3.8, 4) is 12.1 Å². The number of ether oxygens (including phenoxy) is 1. The fraction of sp³-hybridized carbons (Fsp3) is 0.439. The van der Waals surface area contributed by atoms with E-state index in [1.807, 2.05) is 11.0 Å². The first-order chi connectivity index (χ1) is 29.3. The fourth-order valence-corrected chi connectivity index (χ4v) is 7.81. The van der Waals surface area contributed by atoms with Crippen LogP contribution in [0.1, 0.15) is 90.4 Å². The van der Waals surface area contributed by atoms with Gasteiger partial charge < -0.3 is 20.3 Å². The molecule has 4 fully saturated rings. The summed E-state index contributed by atoms with van der Waals surface area (Å²) in [6, 6.07) is 10.8. The average Bonchev–Trinajstić information content (AvgIpc) is 4.01. The first kappa shape index (κ1) is 41.3. The lowest BCUT2D eigenvalue weighted by molar-refractivity contribution is -0.182. The van der Waals surface area contributed by atoms with Crippen LogP contribution in [0.15, 0.2) is 61.4 Å². The fourth-order valence-electron chi connectivity index (χ4n) is 7.81. The van der Waals surface area contributed by atoms with E-state index in [4.69, 9.17) is 30.7 Å². The van der Waals surface area contributed by atoms with Crippen molar-refractivity contribution in [2.75, 3.05) is 61.5 Å². The first-order valence-electron chi connectivity index (χ1n) is 20.0. The highest BCUT2D eigenvalue weighted by atomic mass is 16.7. The Balaban J connectivity index is 0.000000183. The Kier molecular flexibility index (Phi) is 13.3. The Morgan fingerprint density at radius 1 is 0.733 bits per heavy atom. The molecule has 2 atom stereocenters. The lowest BCUT2D eigenvalue weighted by atomic mass is 9.94. The second-order valence-corrected chi connectivity index (χ2v) is 14.6. The summed E-state index contributed by atoms with van der Waals surface area (Å²) < 4.78 is 4.97. The van der Waals surface area contributed by atoms with E-state index >= 15 is 0 Å². The number of anilines is 3. The zero-order valence-corrected chi connectivity index (χ0v) is 33.2. The number of aromatic nitrogens is 6. The van der Waals surface area contributed by atoms with E-state index in [0.29, 0.717) is 81.8 Å². The van der Waals surface area contributed by atoms with E-state index in [-0.39, 0.29) is 54.1 Å². The van der Waals surface area contributed by atoms with Crippen LogP contribution in [0.4, 0.5) is 17.6 Å². The standard InChI is InChI=1S/C22H24N6O4.C19H21N7O2/c1-2-31-22(30)20-25-7-3-19(26-20)27-8-4-16(5-9-27)21(29)28-18(6-10-32-28)17-11-15(12-23)13-24-14-17;20-10-13-9-15(12-22-11-13)16-4-8-28-26(16)18(27)14-2-6-25(7-3-14)17-1-5-23-19(21)24-17/h3,7,11,13-14,16,18H,2,4-6,8-10H2,1H3;1,5,9,11-12,14,16H,2-4,6-8H2,(H2,21,23,24)/t18-;16-/m00/s1. The van der Waals surface area contributed by atoms with E-state index in [2.05, 4.69) is 46.9 Å². The largest absolute Gasteiger partial charge is 0.460 e. The third-order valence-corrected chi connectivity index (χ3v) is 10.9. The minimum Gasteiger partial charge on any atom is -0.460 e. The molecule has 19 heteroatoms. The number of nitriles is 2. The molecule has 0 unspecified atom stereocenters. The molecule has 4 aromatic rings. The van der Waals surface area contributed by atoms with E-state index in [1.165, 1.54) is 28.7 Å². The number of rotatable bonds is 8. The lowest BCUT2D eigenvalue weighted by Crippen LogP contribution is -2.42. The maximum Gasteiger partial charge on any atom is 0.376 e. The Hall–Kier alpha value is -6.83. The third kappa shape index (κ3) is 9.54. The van der Waals surface area contributed by atoms with Gasteiger partial charge in [0.1, 0.15) is 23.8 Å². The predicted molar refractivity (Wildman–Crippen MR) is 213 cm³/mol. The molecule has 0 aliphatic carbocycles. The quantitative estimate of drug-likeness (QED) is 0.250. The SMILES string of the molecule is CCOC(=O)c1nccc(N2CCC(C(=O)N3OCC[C@H]3c3cncc(C#N)c3)CC2)n1.N#Cc1cncc([C@@H]2CCON2C(=O)C2CCN(c3ccnc(N)n3)CC2)c1. The van der Waals surface area contributed by atoms with Gasteiger partial charge in [0, 0.05) is 88.0 Å². The van der Waals surface area contributed by atoms with Gasteiger partial charge in [0.05, 0.1) is 43.0 Å². The summed E-state index contributed by atoms with van der Waals surface area (Å²) >= 11 is 0. The smallest absolute Gasteiger partial charge is 0.376 e. The van der Waals surface area contributed by atoms with Crippen molar-refractivity contribution in [3.05, 3.63) is 89.5 Å². The van der Waals surface area contributed by atoms with E-state index in [1.54, 1.807) is 43.7 Å². The molecule has 310 valence electrons. The van der Waals surface area contributed by atoms with Gasteiger partial charge in [0.2, 0.25) is 23.6 Å². The number of amides is 2. The molecule has 4 aliphatic rings. The van der Waals surface area contributed by atoms with Gasteiger partial charge in [-0.15, -0.1) is 0 Å². The van der Waals surface area contributed by atoms with E-state index in [0.717, 1.165) is 30.0 Å². The molecule has 0 aromatic carbocycles. The molecule has 19 nitrogen and oxygen atoms in total. The Bertz CT molecular complexity index is 2250. The minimum absolute atomic E-state index is 0.00767. The molecule has 4 aliphatic heterocycles. The molecule has 4 aromatic heterocycles. The Labute approximate surface area is 346 Å². The topological polar surface area (TPSA) is 243 Å². The molecule has 0 bridgehead atoms. The molecule has 0 spiro atoms. The normalized spacial score (nSPS) is 19.5. The van der Waals surface area contributed by atoms with Crippen LogP contribution in [-0.4, -0.2) is 104 Å². The number of carbonyl (C=O) groups is 3. The van der Waals surface area contributed by atoms with Gasteiger partial charge in [-0.1, -0.05) is 0 Å². The monoisotopic (exact) mass is 815 g/mol. The summed E-state index contributed by atoms with van der Waals surface area (Å²) in [6.45, 7) is 5.61. The van der Waals surface area contributed by atoms with E-state index in [9.17, 15) is 14.4 Å². The van der Waals surface area contributed by atoms with E-state index < -0.39 is 5.97 Å². The van der Waals surface area contributed by atoms with Crippen LogP contribution in [0.2, 0.25) is 0 Å². The Morgan fingerprint density at radius 2 is 1.22 bits per heavy atom. The highest BCUT2D eigenvalue weighted by Crippen LogP contribution is 2.35. The number of hydrogen-bond acceptors (Lipinski definition) is 17. The number of nitrogens with zero attached hydrogens (tertiary/aromatic N) is 12. The zero-order chi connectivity index (χ0) is 42.0. The zero-order valence-electron chi connectivity index (χ0n) is 33.2. The molecule has 2 amide bonds. The summed E-state index contributed by atoms with van der Waals surface area (Å²) in [7, 11) is 0. The van der Waals surface area contributed by atoms with Crippen LogP contribution in [-0.2, 0) is 24.0 Å². The van der Waals surface area contributed by atoms with Gasteiger partial charge in [0.15, 0.2) is 0 Å². The molecule has 8 heterocycles. The predicted octanol–water partition coefficient (Wildman–Crippen LogP) is 3.49. The summed E-state index contributed by atoms with van der Waals surface area (Å²) in [5.74, 6) is 0.814. The highest BCUT2D eigenvalue weighted by Gasteiger charge is 2.39. The number of hydroxylamine groups is 4. The van der Waals surface area contributed by atoms with Crippen LogP contribution in [0.25, 0.3) is 0 Å². The van der Waals surface area contributed by atoms with Crippen molar-refractivity contribution >= 4 is 35.4 Å². The second kappa shape index (κ2) is 19.3. The van der Waals surface area contributed by atoms with Crippen molar-refractivity contribution in [1.29, 1.82) is 10.5 Å². The number of piperidine rings is 2. The van der Waals surface area contributed by atoms with Gasteiger partial charge in [-0.05, 0) is 68.0 Å². The number of esters is 1. The molecule has 8 rings (SSSR count). The molecule has 2 N–H and O–H groups in total. The van der Waals surface area contributed by atoms with Crippen molar-refractivity contribution < 1.29 is 28.8 Å². The van der Waals surface area contributed by atoms with Gasteiger partial charge in [-0.2, -0.15) is 15.5 Å². The second-order valence-electron chi connectivity index (χ2n) is 14.6. The summed E-state index contributed by atoms with van der Waals surface area (Å²) in [6.07, 6.45) is 13.6. The van der Waals surface area contributed by atoms with Crippen molar-refractivity contribution in [2.24, 2.45) is 11.8 Å². The number of nitrogen functional groups attached to an aromatic ring is 1. The molecule has 0 radical (unpaired) electrons. The number of pyridine rings is 2. The lowest BCUT2D eigenvalue weighted by Gasteiger charge is -2.34. The van der Waals surface area contributed by atoms with Crippen LogP contribution in [0.3, 0.4) is 0 Å². The Morgan fingerprint density at radius 3 is 1.68 bits per heavy atom. The molecule has 0 saturated carbocycles. The molecular formula is C41H45N13O6. The maximum atomic E-state index is 13.2. The molecule has 4 saturated heterocycles. The third-order valence-electron chi connectivity index (χ3n) is 10.9. The van der Waals surface area contributed by atoms with Crippen molar-refractivity contribution in [1.82, 2.24) is 40.0 Å². The van der Waals surface area contributed by atoms with Crippen LogP contribution in [0.5, 0.6) is 0 Å². The van der Waals surface area contributed by atoms with Gasteiger partial charge >= 0.3 is 5.97 Å². The molecule has 60 heavy (non-hydrogen) atoms. The van der Waals surface area contributed by atoms with Crippen molar-refractivity contribution in [3.63, 3.8) is 0 Å². The minimum atomic E-state index is -0.549. The van der Waals surface area contributed by atoms with Gasteiger partial charge in [-0.25, -0.2) is 29.9 Å². The summed E-state index contributed by atoms with van der Waals surface area (Å²) in [5, 5.41) is 21.2. The molecular weight excluding hydrogens is 771 g/mol. The average molecular weight is 816 g/mol. The van der Waals surface area contributed by atoms with Crippen LogP contribution >= 0.6 is 0 Å². The van der Waals surface area contributed by atoms with Gasteiger partial charge in [-0.3, -0.25) is 29.2 Å². The number of nitrogens with two attached hydrogens (primary N) is 1. The van der Waals surface area contributed by atoms with Crippen LogP contribution in [0, 0.1) is 34.5 Å². The first-order valence-corrected chi connectivity index (χ1v) is 20.0. The maximum absolute atomic E-state index is 13.2. The van der Waals surface area contributed by atoms with Crippen LogP contribution < -0.4 is 15.5 Å². The number of carbonyl (C=O) groups excluding carboxylic acids is 3. The highest BCUT2D eigenvalue weighted by molar-refractivity contribution is 5.85. The van der Waals surface area contributed by atoms with Gasteiger partial charge in [0.25, 0.3) is 0 Å². The number of hydrogen-bond donors (Lipinski definition) is 1.